The lowest BCUT2D eigenvalue weighted by atomic mass is 9.77. The minimum atomic E-state index is -0.940. The predicted molar refractivity (Wildman–Crippen MR) is 103 cm³/mol. The monoisotopic (exact) mass is 397 g/mol. The van der Waals surface area contributed by atoms with Crippen LogP contribution in [0.3, 0.4) is 0 Å². The summed E-state index contributed by atoms with van der Waals surface area (Å²) in [6.45, 7) is 1.40. The Morgan fingerprint density at radius 1 is 1.36 bits per heavy atom. The summed E-state index contributed by atoms with van der Waals surface area (Å²) in [5, 5.41) is 15.4. The van der Waals surface area contributed by atoms with Gasteiger partial charge in [0.15, 0.2) is 0 Å². The first-order valence-corrected chi connectivity index (χ1v) is 9.78. The van der Waals surface area contributed by atoms with E-state index in [0.717, 1.165) is 35.7 Å². The van der Waals surface area contributed by atoms with Crippen molar-refractivity contribution in [2.45, 2.75) is 31.1 Å². The Bertz CT molecular complexity index is 1030. The van der Waals surface area contributed by atoms with Crippen LogP contribution < -0.4 is 0 Å². The number of nitrogens with zero attached hydrogens (tertiary/aromatic N) is 3. The normalized spacial score (nSPS) is 23.3. The molecule has 142 valence electrons. The summed E-state index contributed by atoms with van der Waals surface area (Å²) < 4.78 is 28.2. The molecule has 2 aromatic carbocycles. The second kappa shape index (κ2) is 7.02. The third-order valence-corrected chi connectivity index (χ3v) is 6.80. The number of carbonyl (C=O) groups excluding carboxylic acids is 1. The quantitative estimate of drug-likeness (QED) is 0.747. The van der Waals surface area contributed by atoms with Gasteiger partial charge in [0.25, 0.3) is 0 Å². The molecule has 0 aromatic heterocycles. The molecule has 0 saturated heterocycles. The molecule has 0 unspecified atom stereocenters. The number of fused-ring (bicyclic) bond motifs is 2. The molecule has 1 amide bonds. The number of thioether (sulfide) groups is 1. The molecule has 1 aliphatic heterocycles. The van der Waals surface area contributed by atoms with Gasteiger partial charge in [-0.1, -0.05) is 36.0 Å². The fourth-order valence-electron chi connectivity index (χ4n) is 4.06. The van der Waals surface area contributed by atoms with Crippen LogP contribution in [-0.4, -0.2) is 16.0 Å². The van der Waals surface area contributed by atoms with E-state index in [4.69, 9.17) is 0 Å². The van der Waals surface area contributed by atoms with E-state index in [9.17, 15) is 18.8 Å². The van der Waals surface area contributed by atoms with E-state index in [0.29, 0.717) is 6.42 Å². The number of benzene rings is 2. The zero-order valence-corrected chi connectivity index (χ0v) is 16.0. The Morgan fingerprint density at radius 2 is 2.14 bits per heavy atom. The molecule has 1 spiro atoms. The average Bonchev–Trinajstić information content (AvgIpc) is 3.08. The first-order valence-electron chi connectivity index (χ1n) is 8.96. The van der Waals surface area contributed by atoms with Crippen molar-refractivity contribution in [1.29, 1.82) is 5.26 Å². The molecule has 0 N–H and O–H groups in total. The standard InChI is InChI=1S/C21H17F2N3OS/c1-13(27)26-21(28-20(25-26)17-12-16(22)8-9-19(17)23)15(10-11-24)7-6-14-4-2-3-5-18(14)21/h2-5,8-9,12,15H,6-7,10H2,1H3/t15-,21-/m1/s1. The third-order valence-electron chi connectivity index (χ3n) is 5.27. The van der Waals surface area contributed by atoms with Crippen molar-refractivity contribution < 1.29 is 13.6 Å². The number of halogens is 2. The number of amides is 1. The molecule has 0 fully saturated rings. The highest BCUT2D eigenvalue weighted by Crippen LogP contribution is 2.57. The molecular weight excluding hydrogens is 380 g/mol. The van der Waals surface area contributed by atoms with E-state index in [-0.39, 0.29) is 28.9 Å². The molecule has 4 nitrogen and oxygen atoms in total. The van der Waals surface area contributed by atoms with Gasteiger partial charge in [-0.15, -0.1) is 0 Å². The first kappa shape index (κ1) is 18.6. The van der Waals surface area contributed by atoms with Crippen LogP contribution in [0, 0.1) is 28.9 Å². The lowest BCUT2D eigenvalue weighted by molar-refractivity contribution is -0.134. The molecule has 2 atom stereocenters. The Morgan fingerprint density at radius 3 is 2.89 bits per heavy atom. The van der Waals surface area contributed by atoms with Gasteiger partial charge in [0.1, 0.15) is 21.5 Å². The van der Waals surface area contributed by atoms with Crippen molar-refractivity contribution in [3.8, 4) is 6.07 Å². The number of hydrazone groups is 1. The van der Waals surface area contributed by atoms with Gasteiger partial charge in [-0.2, -0.15) is 10.4 Å². The van der Waals surface area contributed by atoms with Gasteiger partial charge in [0.05, 0.1) is 6.07 Å². The average molecular weight is 397 g/mol. The van der Waals surface area contributed by atoms with Gasteiger partial charge in [-0.3, -0.25) is 4.79 Å². The number of nitriles is 1. The number of hydrogen-bond acceptors (Lipinski definition) is 4. The lowest BCUT2D eigenvalue weighted by Crippen LogP contribution is -2.48. The maximum absolute atomic E-state index is 14.4. The molecule has 1 aliphatic carbocycles. The largest absolute Gasteiger partial charge is 0.273 e. The van der Waals surface area contributed by atoms with Gasteiger partial charge in [0, 0.05) is 24.8 Å². The third kappa shape index (κ3) is 2.80. The highest BCUT2D eigenvalue weighted by Gasteiger charge is 2.55. The van der Waals surface area contributed by atoms with Gasteiger partial charge in [-0.05, 0) is 42.2 Å². The maximum atomic E-state index is 14.4. The second-order valence-electron chi connectivity index (χ2n) is 6.91. The van der Waals surface area contributed by atoms with Crippen LogP contribution in [0.25, 0.3) is 0 Å². The van der Waals surface area contributed by atoms with Crippen LogP contribution in [0.15, 0.2) is 47.6 Å². The number of rotatable bonds is 2. The van der Waals surface area contributed by atoms with Crippen molar-refractivity contribution in [1.82, 2.24) is 5.01 Å². The van der Waals surface area contributed by atoms with Gasteiger partial charge < -0.3 is 0 Å². The maximum Gasteiger partial charge on any atom is 0.241 e. The lowest BCUT2D eigenvalue weighted by Gasteiger charge is -2.45. The number of carbonyl (C=O) groups is 1. The molecule has 0 saturated carbocycles. The summed E-state index contributed by atoms with van der Waals surface area (Å²) >= 11 is 1.23. The molecule has 2 aromatic rings. The fourth-order valence-corrected chi connectivity index (χ4v) is 5.68. The van der Waals surface area contributed by atoms with Crippen LogP contribution in [0.1, 0.15) is 36.5 Å². The molecule has 1 heterocycles. The van der Waals surface area contributed by atoms with E-state index in [1.54, 1.807) is 0 Å². The minimum Gasteiger partial charge on any atom is -0.273 e. The van der Waals surface area contributed by atoms with Crippen LogP contribution in [0.5, 0.6) is 0 Å². The zero-order valence-electron chi connectivity index (χ0n) is 15.2. The van der Waals surface area contributed by atoms with Crippen molar-refractivity contribution >= 4 is 22.7 Å². The van der Waals surface area contributed by atoms with Crippen LogP contribution in [0.4, 0.5) is 8.78 Å². The van der Waals surface area contributed by atoms with Crippen molar-refractivity contribution in [3.05, 3.63) is 70.8 Å². The van der Waals surface area contributed by atoms with Crippen LogP contribution in [0.2, 0.25) is 0 Å². The van der Waals surface area contributed by atoms with Crippen molar-refractivity contribution in [3.63, 3.8) is 0 Å². The first-order chi connectivity index (χ1) is 13.5. The number of hydrogen-bond donors (Lipinski definition) is 0. The van der Waals surface area contributed by atoms with Crippen molar-refractivity contribution in [2.24, 2.45) is 11.0 Å². The highest BCUT2D eigenvalue weighted by atomic mass is 32.2. The molecule has 2 aliphatic rings. The molecule has 7 heteroatoms. The SMILES string of the molecule is CC(=O)N1N=C(c2cc(F)ccc2F)S[C@]12c1ccccc1CC[C@@H]2CC#N. The molecule has 28 heavy (non-hydrogen) atoms. The van der Waals surface area contributed by atoms with E-state index in [1.807, 2.05) is 24.3 Å². The fraction of sp³-hybridized carbons (Fsp3) is 0.286. The van der Waals surface area contributed by atoms with E-state index in [1.165, 1.54) is 23.7 Å². The zero-order chi connectivity index (χ0) is 19.9. The Hall–Kier alpha value is -2.72. The summed E-state index contributed by atoms with van der Waals surface area (Å²) in [5.41, 5.74) is 2.00. The van der Waals surface area contributed by atoms with Gasteiger partial charge >= 0.3 is 0 Å². The van der Waals surface area contributed by atoms with Gasteiger partial charge in [0.2, 0.25) is 5.91 Å². The predicted octanol–water partition coefficient (Wildman–Crippen LogP) is 4.55. The Kier molecular flexibility index (Phi) is 4.68. The summed E-state index contributed by atoms with van der Waals surface area (Å²) in [6.07, 6.45) is 1.73. The number of aryl methyl sites for hydroxylation is 1. The van der Waals surface area contributed by atoms with E-state index >= 15 is 0 Å². The van der Waals surface area contributed by atoms with Crippen LogP contribution in [-0.2, 0) is 16.1 Å². The smallest absolute Gasteiger partial charge is 0.241 e. The molecule has 4 rings (SSSR count). The minimum absolute atomic E-state index is 0.0203. The Labute approximate surface area is 165 Å². The molecule has 0 radical (unpaired) electrons. The summed E-state index contributed by atoms with van der Waals surface area (Å²) in [4.78, 5) is 11.6. The molecule has 0 bridgehead atoms. The highest BCUT2D eigenvalue weighted by molar-refractivity contribution is 8.15. The summed E-state index contributed by atoms with van der Waals surface area (Å²) in [7, 11) is 0. The van der Waals surface area contributed by atoms with Crippen molar-refractivity contribution in [2.75, 3.05) is 0 Å². The summed E-state index contributed by atoms with van der Waals surface area (Å²) in [6, 6.07) is 13.2. The second-order valence-corrected chi connectivity index (χ2v) is 8.13. The van der Waals surface area contributed by atoms with E-state index in [2.05, 4.69) is 11.2 Å². The topological polar surface area (TPSA) is 56.5 Å². The van der Waals surface area contributed by atoms with Crippen LogP contribution >= 0.6 is 11.8 Å². The Balaban J connectivity index is 1.91. The van der Waals surface area contributed by atoms with E-state index < -0.39 is 16.5 Å². The molecular formula is C21H17F2N3OS. The van der Waals surface area contributed by atoms with Gasteiger partial charge in [-0.25, -0.2) is 13.8 Å². The summed E-state index contributed by atoms with van der Waals surface area (Å²) in [5.74, 6) is -1.67.